The summed E-state index contributed by atoms with van der Waals surface area (Å²) in [4.78, 5) is 24.6. The van der Waals surface area contributed by atoms with Gasteiger partial charge in [-0.15, -0.1) is 11.3 Å². The molecule has 3 aromatic heterocycles. The minimum Gasteiger partial charge on any atom is -0.389 e. The van der Waals surface area contributed by atoms with Crippen molar-refractivity contribution in [2.24, 2.45) is 7.05 Å². The van der Waals surface area contributed by atoms with Crippen LogP contribution in [0.2, 0.25) is 5.28 Å². The van der Waals surface area contributed by atoms with Crippen LogP contribution in [-0.2, 0) is 20.2 Å². The van der Waals surface area contributed by atoms with E-state index in [0.717, 1.165) is 6.21 Å². The summed E-state index contributed by atoms with van der Waals surface area (Å²) in [5.74, 6) is -0.346. The van der Waals surface area contributed by atoms with Gasteiger partial charge >= 0.3 is 0 Å². The van der Waals surface area contributed by atoms with Crippen LogP contribution in [0.3, 0.4) is 0 Å². The third kappa shape index (κ3) is 2.88. The quantitative estimate of drug-likeness (QED) is 0.468. The van der Waals surface area contributed by atoms with Crippen LogP contribution in [0.15, 0.2) is 12.3 Å². The molecule has 0 saturated heterocycles. The van der Waals surface area contributed by atoms with E-state index in [1.807, 2.05) is 0 Å². The first-order valence-corrected chi connectivity index (χ1v) is 8.09. The van der Waals surface area contributed by atoms with Crippen LogP contribution < -0.4 is 5.32 Å². The molecule has 0 saturated carbocycles. The zero-order valence-electron chi connectivity index (χ0n) is 12.6. The lowest BCUT2D eigenvalue weighted by molar-refractivity contribution is 0.0942. The Labute approximate surface area is 145 Å². The number of carbonyl (C=O) groups excluding carboxylic acids is 1. The molecular formula is C14H13ClN6O2S. The predicted octanol–water partition coefficient (Wildman–Crippen LogP) is 1.50. The molecule has 10 heteroatoms. The van der Waals surface area contributed by atoms with Gasteiger partial charge in [-0.1, -0.05) is 0 Å². The van der Waals surface area contributed by atoms with Gasteiger partial charge in [-0.2, -0.15) is 0 Å². The highest BCUT2D eigenvalue weighted by Gasteiger charge is 2.23. The number of aliphatic hydroxyl groups excluding tert-OH is 1. The summed E-state index contributed by atoms with van der Waals surface area (Å²) in [6.45, 7) is 0.0133. The van der Waals surface area contributed by atoms with Gasteiger partial charge in [0.1, 0.15) is 10.7 Å². The van der Waals surface area contributed by atoms with E-state index in [1.165, 1.54) is 17.5 Å². The highest BCUT2D eigenvalue weighted by Crippen LogP contribution is 2.29. The van der Waals surface area contributed by atoms with E-state index >= 15 is 0 Å². The van der Waals surface area contributed by atoms with E-state index in [1.54, 1.807) is 17.7 Å². The molecule has 3 N–H and O–H groups in total. The van der Waals surface area contributed by atoms with Gasteiger partial charge in [0.25, 0.3) is 5.91 Å². The number of halogens is 1. The molecule has 0 aliphatic heterocycles. The van der Waals surface area contributed by atoms with Crippen molar-refractivity contribution in [3.8, 4) is 0 Å². The molecule has 0 aliphatic carbocycles. The number of hydrogen-bond donors (Lipinski definition) is 3. The van der Waals surface area contributed by atoms with Crippen LogP contribution >= 0.6 is 22.9 Å². The molecule has 124 valence electrons. The van der Waals surface area contributed by atoms with Crippen molar-refractivity contribution in [1.29, 1.82) is 5.41 Å². The summed E-state index contributed by atoms with van der Waals surface area (Å²) in [5, 5.41) is 20.2. The van der Waals surface area contributed by atoms with Crippen molar-refractivity contribution in [3.63, 3.8) is 0 Å². The van der Waals surface area contributed by atoms with Crippen molar-refractivity contribution in [3.05, 3.63) is 39.5 Å². The topological polar surface area (TPSA) is 117 Å². The number of hydrogen-bond acceptors (Lipinski definition) is 7. The summed E-state index contributed by atoms with van der Waals surface area (Å²) in [6, 6.07) is 1.66. The fourth-order valence-electron chi connectivity index (χ4n) is 2.35. The number of carbonyl (C=O) groups is 1. The first-order chi connectivity index (χ1) is 11.5. The second-order valence-corrected chi connectivity index (χ2v) is 6.31. The molecule has 0 fully saturated rings. The second kappa shape index (κ2) is 6.63. The average Bonchev–Trinajstić information content (AvgIpc) is 3.10. The van der Waals surface area contributed by atoms with E-state index in [2.05, 4.69) is 20.3 Å². The molecule has 0 aromatic carbocycles. The molecule has 3 heterocycles. The van der Waals surface area contributed by atoms with Gasteiger partial charge in [-0.05, 0) is 17.7 Å². The summed E-state index contributed by atoms with van der Waals surface area (Å²) >= 11 is 6.99. The highest BCUT2D eigenvalue weighted by molar-refractivity contribution is 7.19. The summed E-state index contributed by atoms with van der Waals surface area (Å²) in [6.07, 6.45) is 2.64. The number of amides is 1. The van der Waals surface area contributed by atoms with E-state index in [4.69, 9.17) is 17.0 Å². The first-order valence-electron chi connectivity index (χ1n) is 6.90. The Kier molecular flexibility index (Phi) is 4.56. The molecular weight excluding hydrogens is 352 g/mol. The standard InChI is InChI=1S/C14H13ClN6O2S/c1-21-10(8(4-16)11-12(21)20-9(6-22)24-11)13(23)18-5-7-2-3-17-14(15)19-7/h2-4,16,22H,5-6H2,1H3,(H,18,23). The summed E-state index contributed by atoms with van der Waals surface area (Å²) in [5.41, 5.74) is 1.96. The maximum Gasteiger partial charge on any atom is 0.269 e. The normalized spacial score (nSPS) is 11.0. The van der Waals surface area contributed by atoms with Crippen LogP contribution in [0.1, 0.15) is 26.8 Å². The van der Waals surface area contributed by atoms with Gasteiger partial charge in [0, 0.05) is 25.0 Å². The molecule has 0 bridgehead atoms. The van der Waals surface area contributed by atoms with Gasteiger partial charge in [0.05, 0.1) is 23.5 Å². The Hall–Kier alpha value is -2.36. The molecule has 3 aromatic rings. The molecule has 24 heavy (non-hydrogen) atoms. The lowest BCUT2D eigenvalue weighted by Crippen LogP contribution is -2.26. The SMILES string of the molecule is Cn1c(C(=O)NCc2ccnc(Cl)n2)c(C=N)c2sc(CO)nc21. The Morgan fingerprint density at radius 3 is 3.00 bits per heavy atom. The molecule has 3 rings (SSSR count). The summed E-state index contributed by atoms with van der Waals surface area (Å²) < 4.78 is 2.32. The van der Waals surface area contributed by atoms with Gasteiger partial charge < -0.3 is 20.4 Å². The Balaban J connectivity index is 1.90. The molecule has 0 radical (unpaired) electrons. The third-order valence-electron chi connectivity index (χ3n) is 3.42. The predicted molar refractivity (Wildman–Crippen MR) is 90.6 cm³/mol. The number of nitrogens with one attached hydrogen (secondary N) is 2. The highest BCUT2D eigenvalue weighted by atomic mass is 35.5. The average molecular weight is 365 g/mol. The molecule has 0 aliphatic rings. The number of rotatable bonds is 5. The molecule has 0 unspecified atom stereocenters. The first kappa shape index (κ1) is 16.5. The van der Waals surface area contributed by atoms with Crippen molar-refractivity contribution < 1.29 is 9.90 Å². The Morgan fingerprint density at radius 2 is 2.33 bits per heavy atom. The number of aliphatic hydroxyl groups is 1. The number of thiazole rings is 1. The van der Waals surface area contributed by atoms with E-state index < -0.39 is 0 Å². The zero-order valence-corrected chi connectivity index (χ0v) is 14.1. The zero-order chi connectivity index (χ0) is 17.3. The van der Waals surface area contributed by atoms with Crippen molar-refractivity contribution >= 4 is 45.4 Å². The largest absolute Gasteiger partial charge is 0.389 e. The summed E-state index contributed by atoms with van der Waals surface area (Å²) in [7, 11) is 1.70. The number of aryl methyl sites for hydroxylation is 1. The lowest BCUT2D eigenvalue weighted by atomic mass is 10.2. The van der Waals surface area contributed by atoms with Gasteiger partial charge in [0.15, 0.2) is 5.65 Å². The van der Waals surface area contributed by atoms with Crippen molar-refractivity contribution in [2.75, 3.05) is 0 Å². The fraction of sp³-hybridized carbons (Fsp3) is 0.214. The van der Waals surface area contributed by atoms with Crippen LogP contribution in [0, 0.1) is 5.41 Å². The molecule has 0 spiro atoms. The maximum atomic E-state index is 12.5. The monoisotopic (exact) mass is 364 g/mol. The minimum absolute atomic E-state index is 0.113. The van der Waals surface area contributed by atoms with Crippen LogP contribution in [0.5, 0.6) is 0 Å². The second-order valence-electron chi connectivity index (χ2n) is 4.88. The Bertz CT molecular complexity index is 935. The molecule has 8 nitrogen and oxygen atoms in total. The number of nitrogens with zero attached hydrogens (tertiary/aromatic N) is 4. The van der Waals surface area contributed by atoms with E-state index in [0.29, 0.717) is 32.3 Å². The maximum absolute atomic E-state index is 12.5. The number of fused-ring (bicyclic) bond motifs is 1. The van der Waals surface area contributed by atoms with E-state index in [-0.39, 0.29) is 24.3 Å². The van der Waals surface area contributed by atoms with Gasteiger partial charge in [0.2, 0.25) is 5.28 Å². The van der Waals surface area contributed by atoms with Gasteiger partial charge in [-0.3, -0.25) is 4.79 Å². The minimum atomic E-state index is -0.346. The van der Waals surface area contributed by atoms with E-state index in [9.17, 15) is 9.90 Å². The van der Waals surface area contributed by atoms with Crippen molar-refractivity contribution in [2.45, 2.75) is 13.2 Å². The fourth-order valence-corrected chi connectivity index (χ4v) is 3.49. The van der Waals surface area contributed by atoms with Gasteiger partial charge in [-0.25, -0.2) is 15.0 Å². The van der Waals surface area contributed by atoms with Crippen molar-refractivity contribution in [1.82, 2.24) is 24.8 Å². The van der Waals surface area contributed by atoms with Crippen LogP contribution in [0.4, 0.5) is 0 Å². The van der Waals surface area contributed by atoms with Crippen LogP contribution in [0.25, 0.3) is 10.3 Å². The smallest absolute Gasteiger partial charge is 0.269 e. The third-order valence-corrected chi connectivity index (χ3v) is 4.66. The molecule has 0 atom stereocenters. The lowest BCUT2D eigenvalue weighted by Gasteiger charge is -2.07. The van der Waals surface area contributed by atoms with Crippen LogP contribution in [-0.4, -0.2) is 36.7 Å². The Morgan fingerprint density at radius 1 is 1.54 bits per heavy atom. The number of aromatic nitrogens is 4. The molecule has 1 amide bonds.